The minimum Gasteiger partial charge on any atom is -0.361 e. The summed E-state index contributed by atoms with van der Waals surface area (Å²) in [5.74, 6) is -0.168. The smallest absolute Gasteiger partial charge is 0.315 e. The van der Waals surface area contributed by atoms with E-state index in [0.29, 0.717) is 30.2 Å². The largest absolute Gasteiger partial charge is 0.361 e. The molecule has 1 aromatic heterocycles. The van der Waals surface area contributed by atoms with Crippen LogP contribution in [-0.4, -0.2) is 85.1 Å². The zero-order valence-corrected chi connectivity index (χ0v) is 26.8. The van der Waals surface area contributed by atoms with Gasteiger partial charge in [-0.05, 0) is 89.5 Å². The number of fused-ring (bicyclic) bond motifs is 2. The molecule has 0 fully saturated rings. The fraction of sp³-hybridized carbons (Fsp3) is 0.515. The Bertz CT molecular complexity index is 1360. The summed E-state index contributed by atoms with van der Waals surface area (Å²) in [5, 5.41) is 7.81. The minimum atomic E-state index is -0.780. The zero-order valence-electron chi connectivity index (χ0n) is 26.1. The summed E-state index contributed by atoms with van der Waals surface area (Å²) in [6.07, 6.45) is 2.80. The Morgan fingerprint density at radius 3 is 2.48 bits per heavy atom. The number of urea groups is 1. The number of H-pyrrole nitrogens is 1. The maximum atomic E-state index is 14.6. The highest BCUT2D eigenvalue weighted by molar-refractivity contribution is 6.30. The first kappa shape index (κ1) is 31.9. The summed E-state index contributed by atoms with van der Waals surface area (Å²) in [4.78, 5) is 37.6. The number of aromatic nitrogens is 1. The maximum Gasteiger partial charge on any atom is 0.315 e. The first-order valence-corrected chi connectivity index (χ1v) is 15.4. The molecule has 0 radical (unpaired) electrons. The first-order valence-electron chi connectivity index (χ1n) is 15.1. The minimum absolute atomic E-state index is 0.124. The molecular weight excluding hydrogens is 548 g/mol. The summed E-state index contributed by atoms with van der Waals surface area (Å²) >= 11 is 6.39. The number of carbonyl (C=O) groups excluding carboxylic acids is 2. The van der Waals surface area contributed by atoms with E-state index in [4.69, 9.17) is 11.6 Å². The lowest BCUT2D eigenvalue weighted by molar-refractivity contribution is -0.121. The molecule has 42 heavy (non-hydrogen) atoms. The Morgan fingerprint density at radius 1 is 1.07 bits per heavy atom. The molecule has 3 N–H and O–H groups in total. The number of nitrogens with one attached hydrogen (secondary N) is 3. The Morgan fingerprint density at radius 2 is 1.79 bits per heavy atom. The Labute approximate surface area is 255 Å². The number of para-hydroxylation sites is 1. The Balaban J connectivity index is 1.63. The molecule has 0 saturated heterocycles. The molecule has 1 aliphatic rings. The number of aromatic amines is 1. The van der Waals surface area contributed by atoms with E-state index in [1.807, 2.05) is 68.5 Å². The van der Waals surface area contributed by atoms with Gasteiger partial charge in [0.1, 0.15) is 6.04 Å². The van der Waals surface area contributed by atoms with E-state index in [1.165, 1.54) is 0 Å². The fourth-order valence-corrected chi connectivity index (χ4v) is 6.58. The van der Waals surface area contributed by atoms with Crippen LogP contribution in [-0.2, 0) is 11.2 Å². The van der Waals surface area contributed by atoms with Gasteiger partial charge in [-0.25, -0.2) is 4.79 Å². The predicted octanol–water partition coefficient (Wildman–Crippen LogP) is 5.48. The van der Waals surface area contributed by atoms with Gasteiger partial charge < -0.3 is 25.4 Å². The SMILES string of the molecule is CC(c1c[nH]c2ccccc12)C(NC(=O)NCCN(C(C)C)C(C)C)C(=O)N1C[C@@H](CN(C)C)Cc2cc(Cl)ccc21. The van der Waals surface area contributed by atoms with Gasteiger partial charge in [0.2, 0.25) is 5.91 Å². The van der Waals surface area contributed by atoms with Gasteiger partial charge in [-0.1, -0.05) is 36.7 Å². The number of benzene rings is 2. The van der Waals surface area contributed by atoms with E-state index in [9.17, 15) is 9.59 Å². The highest BCUT2D eigenvalue weighted by atomic mass is 35.5. The number of anilines is 1. The first-order chi connectivity index (χ1) is 20.0. The van der Waals surface area contributed by atoms with Gasteiger partial charge in [0.15, 0.2) is 0 Å². The second-order valence-corrected chi connectivity index (χ2v) is 12.9. The average molecular weight is 595 g/mol. The molecule has 3 aromatic rings. The normalized spacial score (nSPS) is 16.8. The molecule has 4 rings (SSSR count). The van der Waals surface area contributed by atoms with Crippen molar-refractivity contribution in [1.29, 1.82) is 0 Å². The number of halogens is 1. The van der Waals surface area contributed by atoms with Gasteiger partial charge in [-0.2, -0.15) is 0 Å². The molecule has 3 amide bonds. The third-order valence-electron chi connectivity index (χ3n) is 8.32. The van der Waals surface area contributed by atoms with Crippen LogP contribution >= 0.6 is 11.6 Å². The third kappa shape index (κ3) is 7.46. The quantitative estimate of drug-likeness (QED) is 0.275. The van der Waals surface area contributed by atoms with Gasteiger partial charge >= 0.3 is 6.03 Å². The van der Waals surface area contributed by atoms with Crippen molar-refractivity contribution in [1.82, 2.24) is 25.4 Å². The lowest BCUT2D eigenvalue weighted by atomic mass is 9.88. The molecular formula is C33H47ClN6O2. The standard InChI is InChI=1S/C33H47ClN6O2/c1-21(2)39(22(3)4)15-14-35-33(42)37-31(23(5)28-18-36-29-11-9-8-10-27(28)29)32(41)40-20-24(19-38(6)7)16-25-17-26(34)12-13-30(25)40/h8-13,17-18,21-24,31,36H,14-16,19-20H2,1-7H3,(H2,35,37,42)/t23?,24-,31?/m1/s1. The number of hydrogen-bond donors (Lipinski definition) is 3. The van der Waals surface area contributed by atoms with E-state index >= 15 is 0 Å². The summed E-state index contributed by atoms with van der Waals surface area (Å²) in [6.45, 7) is 13.3. The number of nitrogens with zero attached hydrogens (tertiary/aromatic N) is 3. The van der Waals surface area contributed by atoms with Crippen molar-refractivity contribution in [3.63, 3.8) is 0 Å². The highest BCUT2D eigenvalue weighted by Gasteiger charge is 2.37. The van der Waals surface area contributed by atoms with Crippen LogP contribution in [0.3, 0.4) is 0 Å². The summed E-state index contributed by atoms with van der Waals surface area (Å²) < 4.78 is 0. The van der Waals surface area contributed by atoms with Crippen LogP contribution in [0.5, 0.6) is 0 Å². The molecule has 0 bridgehead atoms. The van der Waals surface area contributed by atoms with E-state index in [-0.39, 0.29) is 23.8 Å². The number of carbonyl (C=O) groups is 2. The van der Waals surface area contributed by atoms with E-state index in [1.54, 1.807) is 0 Å². The molecule has 9 heteroatoms. The molecule has 1 aliphatic heterocycles. The molecule has 3 atom stereocenters. The summed E-state index contributed by atoms with van der Waals surface area (Å²) in [6, 6.07) is 13.4. The van der Waals surface area contributed by atoms with E-state index in [2.05, 4.69) is 59.2 Å². The van der Waals surface area contributed by atoms with Gasteiger partial charge in [-0.3, -0.25) is 9.69 Å². The lowest BCUT2D eigenvalue weighted by Gasteiger charge is -2.38. The van der Waals surface area contributed by atoms with Crippen molar-refractivity contribution >= 4 is 40.1 Å². The van der Waals surface area contributed by atoms with Crippen LogP contribution in [0.15, 0.2) is 48.7 Å². The molecule has 228 valence electrons. The van der Waals surface area contributed by atoms with Crippen molar-refractivity contribution in [2.75, 3.05) is 45.2 Å². The monoisotopic (exact) mass is 594 g/mol. The number of rotatable bonds is 11. The number of amides is 3. The summed E-state index contributed by atoms with van der Waals surface area (Å²) in [5.41, 5.74) is 3.91. The molecule has 8 nitrogen and oxygen atoms in total. The number of hydrogen-bond acceptors (Lipinski definition) is 4. The second kappa shape index (κ2) is 13.9. The second-order valence-electron chi connectivity index (χ2n) is 12.4. The van der Waals surface area contributed by atoms with Gasteiger partial charge in [0.05, 0.1) is 0 Å². The topological polar surface area (TPSA) is 83.7 Å². The fourth-order valence-electron chi connectivity index (χ4n) is 6.38. The zero-order chi connectivity index (χ0) is 30.6. The van der Waals surface area contributed by atoms with E-state index < -0.39 is 6.04 Å². The van der Waals surface area contributed by atoms with Crippen molar-refractivity contribution in [2.45, 2.75) is 65.1 Å². The average Bonchev–Trinajstić information content (AvgIpc) is 3.36. The lowest BCUT2D eigenvalue weighted by Crippen LogP contribution is -2.56. The Hall–Kier alpha value is -3.07. The molecule has 2 aromatic carbocycles. The van der Waals surface area contributed by atoms with Crippen LogP contribution in [0.4, 0.5) is 10.5 Å². The van der Waals surface area contributed by atoms with Gasteiger partial charge in [0.25, 0.3) is 0 Å². The molecule has 0 saturated carbocycles. The van der Waals surface area contributed by atoms with Crippen LogP contribution in [0.2, 0.25) is 5.02 Å². The highest BCUT2D eigenvalue weighted by Crippen LogP contribution is 2.35. The van der Waals surface area contributed by atoms with Crippen molar-refractivity contribution in [3.8, 4) is 0 Å². The molecule has 2 unspecified atom stereocenters. The van der Waals surface area contributed by atoms with Crippen molar-refractivity contribution in [3.05, 3.63) is 64.8 Å². The van der Waals surface area contributed by atoms with Crippen molar-refractivity contribution in [2.24, 2.45) is 5.92 Å². The molecule has 2 heterocycles. The molecule has 0 aliphatic carbocycles. The van der Waals surface area contributed by atoms with Crippen molar-refractivity contribution < 1.29 is 9.59 Å². The maximum absolute atomic E-state index is 14.6. The Kier molecular flexibility index (Phi) is 10.6. The van der Waals surface area contributed by atoms with Crippen LogP contribution in [0.1, 0.15) is 51.7 Å². The van der Waals surface area contributed by atoms with Crippen LogP contribution < -0.4 is 15.5 Å². The van der Waals surface area contributed by atoms with Gasteiger partial charge in [-0.15, -0.1) is 0 Å². The predicted molar refractivity (Wildman–Crippen MR) is 174 cm³/mol. The third-order valence-corrected chi connectivity index (χ3v) is 8.55. The van der Waals surface area contributed by atoms with Gasteiger partial charge in [0, 0.05) is 72.0 Å². The van der Waals surface area contributed by atoms with Crippen LogP contribution in [0.25, 0.3) is 10.9 Å². The summed E-state index contributed by atoms with van der Waals surface area (Å²) in [7, 11) is 4.10. The molecule has 0 spiro atoms. The van der Waals surface area contributed by atoms with E-state index in [0.717, 1.165) is 47.2 Å². The van der Waals surface area contributed by atoms with Crippen LogP contribution in [0, 0.1) is 5.92 Å².